The average molecular weight is 266 g/mol. The molecule has 1 N–H and O–H groups in total. The molecule has 1 aromatic heterocycles. The van der Waals surface area contributed by atoms with Gasteiger partial charge in [0.25, 0.3) is 0 Å². The molecule has 0 aliphatic rings. The Morgan fingerprint density at radius 3 is 2.61 bits per heavy atom. The van der Waals surface area contributed by atoms with Gasteiger partial charge in [-0.1, -0.05) is 23.7 Å². The maximum absolute atomic E-state index is 11.2. The van der Waals surface area contributed by atoms with Crippen molar-refractivity contribution >= 4 is 28.7 Å². The average Bonchev–Trinajstić information content (AvgIpc) is 2.32. The Hall–Kier alpha value is -2.34. The quantitative estimate of drug-likeness (QED) is 0.400. The summed E-state index contributed by atoms with van der Waals surface area (Å²) in [5.74, 6) is 0. The van der Waals surface area contributed by atoms with Crippen molar-refractivity contribution in [2.24, 2.45) is 0 Å². The summed E-state index contributed by atoms with van der Waals surface area (Å²) in [4.78, 5) is 10.3. The van der Waals surface area contributed by atoms with Gasteiger partial charge in [0, 0.05) is 0 Å². The second-order valence-corrected chi connectivity index (χ2v) is 3.87. The first kappa shape index (κ1) is 12.1. The second kappa shape index (κ2) is 4.89. The minimum absolute atomic E-state index is 0.0885. The van der Waals surface area contributed by atoms with Crippen molar-refractivity contribution in [2.75, 3.05) is 5.32 Å². The zero-order valence-electron chi connectivity index (χ0n) is 9.04. The van der Waals surface area contributed by atoms with E-state index >= 15 is 0 Å². The van der Waals surface area contributed by atoms with Crippen molar-refractivity contribution in [2.45, 2.75) is 0 Å². The monoisotopic (exact) mass is 265 g/mol. The van der Waals surface area contributed by atoms with E-state index < -0.39 is 4.92 Å². The van der Waals surface area contributed by atoms with E-state index in [0.29, 0.717) is 15.4 Å². The summed E-state index contributed by atoms with van der Waals surface area (Å²) in [5, 5.41) is 25.2. The number of halogens is 1. The van der Waals surface area contributed by atoms with Crippen molar-refractivity contribution in [3.8, 4) is 0 Å². The largest absolute Gasteiger partial charge is 0.619 e. The van der Waals surface area contributed by atoms with Crippen molar-refractivity contribution in [1.82, 2.24) is 0 Å². The zero-order valence-corrected chi connectivity index (χ0v) is 9.79. The Labute approximate surface area is 107 Å². The number of nitrogens with one attached hydrogen (secondary N) is 1. The molecule has 1 aromatic carbocycles. The minimum atomic E-state index is -0.570. The van der Waals surface area contributed by atoms with Crippen LogP contribution in [0.3, 0.4) is 0 Å². The van der Waals surface area contributed by atoms with Gasteiger partial charge in [-0.15, -0.1) is 0 Å². The first-order valence-corrected chi connectivity index (χ1v) is 5.34. The summed E-state index contributed by atoms with van der Waals surface area (Å²) in [6, 6.07) is 7.90. The van der Waals surface area contributed by atoms with Gasteiger partial charge in [0.2, 0.25) is 6.20 Å². The highest BCUT2D eigenvalue weighted by atomic mass is 35.5. The number of hydrogen-bond acceptors (Lipinski definition) is 4. The van der Waals surface area contributed by atoms with Gasteiger partial charge in [0.15, 0.2) is 11.9 Å². The van der Waals surface area contributed by atoms with Crippen molar-refractivity contribution in [3.05, 3.63) is 63.1 Å². The molecular weight excluding hydrogens is 258 g/mol. The van der Waals surface area contributed by atoms with Gasteiger partial charge in [0.05, 0.1) is 21.7 Å². The van der Waals surface area contributed by atoms with E-state index in [4.69, 9.17) is 11.6 Å². The van der Waals surface area contributed by atoms with Crippen molar-refractivity contribution < 1.29 is 9.65 Å². The van der Waals surface area contributed by atoms with Gasteiger partial charge in [-0.05, 0) is 12.1 Å². The van der Waals surface area contributed by atoms with Crippen LogP contribution in [0, 0.1) is 15.3 Å². The maximum Gasteiger partial charge on any atom is 0.304 e. The molecule has 0 bridgehead atoms. The Kier molecular flexibility index (Phi) is 3.29. The van der Waals surface area contributed by atoms with Crippen LogP contribution in [-0.2, 0) is 0 Å². The lowest BCUT2D eigenvalue weighted by Gasteiger charge is -2.07. The summed E-state index contributed by atoms with van der Waals surface area (Å²) in [6.07, 6.45) is 2.15. The number of nitrogens with zero attached hydrogens (tertiary/aromatic N) is 2. The predicted molar refractivity (Wildman–Crippen MR) is 66.8 cm³/mol. The molecule has 6 nitrogen and oxygen atoms in total. The summed E-state index contributed by atoms with van der Waals surface area (Å²) in [6.45, 7) is 0. The van der Waals surface area contributed by atoms with E-state index in [1.165, 1.54) is 0 Å². The van der Waals surface area contributed by atoms with E-state index in [1.807, 2.05) is 0 Å². The highest BCUT2D eigenvalue weighted by Gasteiger charge is 2.17. The molecule has 7 heteroatoms. The van der Waals surface area contributed by atoms with Crippen LogP contribution in [0.25, 0.3) is 0 Å². The molecule has 0 saturated carbocycles. The van der Waals surface area contributed by atoms with E-state index in [2.05, 4.69) is 5.32 Å². The topological polar surface area (TPSA) is 82.1 Å². The van der Waals surface area contributed by atoms with Crippen LogP contribution in [0.4, 0.5) is 17.1 Å². The molecule has 0 amide bonds. The molecule has 0 atom stereocenters. The molecule has 0 radical (unpaired) electrons. The number of benzene rings is 1. The lowest BCUT2D eigenvalue weighted by molar-refractivity contribution is -0.605. The first-order valence-electron chi connectivity index (χ1n) is 4.96. The fourth-order valence-corrected chi connectivity index (χ4v) is 1.62. The Morgan fingerprint density at radius 2 is 1.94 bits per heavy atom. The number of anilines is 2. The van der Waals surface area contributed by atoms with Crippen LogP contribution in [-0.4, -0.2) is 4.92 Å². The molecule has 92 valence electrons. The summed E-state index contributed by atoms with van der Waals surface area (Å²) in [5.41, 5.74) is 0.390. The Morgan fingerprint density at radius 1 is 1.22 bits per heavy atom. The third kappa shape index (κ3) is 2.49. The third-order valence-corrected chi connectivity index (χ3v) is 2.58. The normalized spacial score (nSPS) is 10.1. The standard InChI is InChI=1S/C11H8ClN3O3/c12-8-3-1-2-4-9(8)13-10-7-14(16)6-5-11(10)15(17)18/h1-7,13H. The SMILES string of the molecule is O=[N+]([O-])c1cc[n+]([O-])cc1Nc1ccccc1Cl. The number of nitro groups is 1. The van der Waals surface area contributed by atoms with E-state index in [9.17, 15) is 15.3 Å². The van der Waals surface area contributed by atoms with Gasteiger partial charge in [-0.2, -0.15) is 4.73 Å². The number of hydrogen-bond donors (Lipinski definition) is 1. The van der Waals surface area contributed by atoms with Gasteiger partial charge in [0.1, 0.15) is 0 Å². The summed E-state index contributed by atoms with van der Waals surface area (Å²) in [7, 11) is 0. The first-order chi connectivity index (χ1) is 8.58. The smallest absolute Gasteiger partial charge is 0.304 e. The lowest BCUT2D eigenvalue weighted by atomic mass is 10.3. The van der Waals surface area contributed by atoms with Crippen LogP contribution in [0.1, 0.15) is 0 Å². The molecule has 0 aliphatic heterocycles. The number of aromatic nitrogens is 1. The van der Waals surface area contributed by atoms with Crippen LogP contribution in [0.5, 0.6) is 0 Å². The highest BCUT2D eigenvalue weighted by molar-refractivity contribution is 6.33. The van der Waals surface area contributed by atoms with E-state index in [0.717, 1.165) is 18.5 Å². The third-order valence-electron chi connectivity index (χ3n) is 2.25. The molecule has 0 spiro atoms. The molecule has 0 saturated heterocycles. The van der Waals surface area contributed by atoms with Crippen LogP contribution >= 0.6 is 11.6 Å². The molecule has 0 aliphatic carbocycles. The number of para-hydroxylation sites is 1. The van der Waals surface area contributed by atoms with Gasteiger partial charge < -0.3 is 10.5 Å². The molecule has 2 rings (SSSR count). The summed E-state index contributed by atoms with van der Waals surface area (Å²) >= 11 is 5.93. The van der Waals surface area contributed by atoms with Crippen molar-refractivity contribution in [1.29, 1.82) is 0 Å². The van der Waals surface area contributed by atoms with Gasteiger partial charge in [-0.25, -0.2) is 0 Å². The van der Waals surface area contributed by atoms with E-state index in [1.54, 1.807) is 24.3 Å². The fraction of sp³-hybridized carbons (Fsp3) is 0. The highest BCUT2D eigenvalue weighted by Crippen LogP contribution is 2.29. The van der Waals surface area contributed by atoms with Crippen LogP contribution < -0.4 is 10.0 Å². The Bertz CT molecular complexity index is 604. The molecule has 0 unspecified atom stereocenters. The fourth-order valence-electron chi connectivity index (χ4n) is 1.43. The van der Waals surface area contributed by atoms with E-state index in [-0.39, 0.29) is 11.4 Å². The summed E-state index contributed by atoms with van der Waals surface area (Å²) < 4.78 is 0.478. The number of pyridine rings is 1. The molecule has 18 heavy (non-hydrogen) atoms. The zero-order chi connectivity index (χ0) is 13.1. The number of rotatable bonds is 3. The molecule has 2 aromatic rings. The minimum Gasteiger partial charge on any atom is -0.619 e. The van der Waals surface area contributed by atoms with Crippen molar-refractivity contribution in [3.63, 3.8) is 0 Å². The predicted octanol–water partition coefficient (Wildman–Crippen LogP) is 2.63. The maximum atomic E-state index is 11.2. The second-order valence-electron chi connectivity index (χ2n) is 3.47. The Balaban J connectivity index is 2.42. The lowest BCUT2D eigenvalue weighted by Crippen LogP contribution is -2.25. The molecular formula is C11H8ClN3O3. The van der Waals surface area contributed by atoms with Crippen LogP contribution in [0.2, 0.25) is 5.02 Å². The molecule has 1 heterocycles. The van der Waals surface area contributed by atoms with Gasteiger partial charge in [-0.3, -0.25) is 10.1 Å². The van der Waals surface area contributed by atoms with Crippen LogP contribution in [0.15, 0.2) is 42.7 Å². The van der Waals surface area contributed by atoms with Gasteiger partial charge >= 0.3 is 5.69 Å². The molecule has 0 fully saturated rings.